The quantitative estimate of drug-likeness (QED) is 0.298. The van der Waals surface area contributed by atoms with E-state index in [1.807, 2.05) is 0 Å². The molecule has 7 nitrogen and oxygen atoms in total. The number of carbonyl (C=O) groups is 1. The molecular weight excluding hydrogens is 248 g/mol. The zero-order valence-corrected chi connectivity index (χ0v) is 10.4. The van der Waals surface area contributed by atoms with Crippen LogP contribution in [-0.2, 0) is 0 Å². The Morgan fingerprint density at radius 1 is 1.58 bits per heavy atom. The van der Waals surface area contributed by atoms with Gasteiger partial charge in [0.05, 0.1) is 0 Å². The molecule has 2 rings (SSSR count). The molecule has 2 heterocycles. The standard InChI is InChI=1S/C12H16N4O3/c13-11(15-19)9-1-2-10(14-5-9)12(18)16-4-3-8(6-16)7-17/h1-2,5,8,17,19H,3-4,6-7H2,(H2,13,15). The molecule has 1 aromatic rings. The van der Waals surface area contributed by atoms with Crippen molar-refractivity contribution in [1.82, 2.24) is 9.88 Å². The first-order chi connectivity index (χ1) is 9.15. The highest BCUT2D eigenvalue weighted by Gasteiger charge is 2.26. The van der Waals surface area contributed by atoms with Crippen molar-refractivity contribution in [3.8, 4) is 0 Å². The van der Waals surface area contributed by atoms with E-state index < -0.39 is 0 Å². The number of pyridine rings is 1. The molecule has 0 bridgehead atoms. The number of hydrogen-bond acceptors (Lipinski definition) is 5. The van der Waals surface area contributed by atoms with Gasteiger partial charge in [-0.1, -0.05) is 5.16 Å². The molecule has 102 valence electrons. The number of carbonyl (C=O) groups excluding carboxylic acids is 1. The zero-order chi connectivity index (χ0) is 13.8. The van der Waals surface area contributed by atoms with Gasteiger partial charge in [-0.2, -0.15) is 0 Å². The molecule has 1 fully saturated rings. The van der Waals surface area contributed by atoms with Crippen molar-refractivity contribution < 1.29 is 15.1 Å². The molecule has 1 unspecified atom stereocenters. The van der Waals surface area contributed by atoms with Crippen LogP contribution in [0.4, 0.5) is 0 Å². The van der Waals surface area contributed by atoms with Gasteiger partial charge in [0, 0.05) is 37.4 Å². The summed E-state index contributed by atoms with van der Waals surface area (Å²) in [4.78, 5) is 17.8. The second-order valence-electron chi connectivity index (χ2n) is 4.51. The summed E-state index contributed by atoms with van der Waals surface area (Å²) in [7, 11) is 0. The summed E-state index contributed by atoms with van der Waals surface area (Å²) in [6.07, 6.45) is 2.20. The first kappa shape index (κ1) is 13.3. The molecule has 4 N–H and O–H groups in total. The summed E-state index contributed by atoms with van der Waals surface area (Å²) in [5, 5.41) is 20.5. The van der Waals surface area contributed by atoms with Crippen molar-refractivity contribution in [3.63, 3.8) is 0 Å². The van der Waals surface area contributed by atoms with Crippen molar-refractivity contribution in [2.24, 2.45) is 16.8 Å². The van der Waals surface area contributed by atoms with E-state index in [1.54, 1.807) is 17.0 Å². The molecule has 0 aliphatic carbocycles. The molecule has 7 heteroatoms. The fraction of sp³-hybridized carbons (Fsp3) is 0.417. The fourth-order valence-corrected chi connectivity index (χ4v) is 2.06. The molecule has 1 saturated heterocycles. The van der Waals surface area contributed by atoms with Crippen LogP contribution in [0.25, 0.3) is 0 Å². The lowest BCUT2D eigenvalue weighted by atomic mass is 10.1. The Hall–Kier alpha value is -2.15. The third-order valence-electron chi connectivity index (χ3n) is 3.22. The van der Waals surface area contributed by atoms with Gasteiger partial charge >= 0.3 is 0 Å². The van der Waals surface area contributed by atoms with Gasteiger partial charge in [-0.3, -0.25) is 9.78 Å². The minimum absolute atomic E-state index is 0.0481. The molecular formula is C12H16N4O3. The predicted octanol–water partition coefficient (Wildman–Crippen LogP) is -0.369. The Bertz CT molecular complexity index is 486. The van der Waals surface area contributed by atoms with E-state index in [-0.39, 0.29) is 24.3 Å². The third kappa shape index (κ3) is 2.82. The molecule has 1 aromatic heterocycles. The average molecular weight is 264 g/mol. The number of hydrogen-bond donors (Lipinski definition) is 3. The number of aliphatic hydroxyl groups excluding tert-OH is 1. The van der Waals surface area contributed by atoms with E-state index in [0.29, 0.717) is 24.3 Å². The Morgan fingerprint density at radius 2 is 2.37 bits per heavy atom. The van der Waals surface area contributed by atoms with Gasteiger partial charge in [-0.25, -0.2) is 0 Å². The van der Waals surface area contributed by atoms with Crippen LogP contribution in [-0.4, -0.2) is 51.6 Å². The largest absolute Gasteiger partial charge is 0.409 e. The molecule has 0 aromatic carbocycles. The molecule has 1 atom stereocenters. The second-order valence-corrected chi connectivity index (χ2v) is 4.51. The second kappa shape index (κ2) is 5.66. The number of aromatic nitrogens is 1. The number of nitrogens with two attached hydrogens (primary N) is 1. The van der Waals surface area contributed by atoms with Gasteiger partial charge in [0.2, 0.25) is 0 Å². The summed E-state index contributed by atoms with van der Waals surface area (Å²) >= 11 is 0. The minimum atomic E-state index is -0.165. The van der Waals surface area contributed by atoms with Crippen LogP contribution < -0.4 is 5.73 Å². The van der Waals surface area contributed by atoms with E-state index >= 15 is 0 Å². The summed E-state index contributed by atoms with van der Waals surface area (Å²) in [6, 6.07) is 3.12. The van der Waals surface area contributed by atoms with Crippen LogP contribution in [0.15, 0.2) is 23.5 Å². The van der Waals surface area contributed by atoms with Crippen LogP contribution in [0, 0.1) is 5.92 Å². The van der Waals surface area contributed by atoms with E-state index in [2.05, 4.69) is 10.1 Å². The van der Waals surface area contributed by atoms with E-state index in [9.17, 15) is 4.79 Å². The third-order valence-corrected chi connectivity index (χ3v) is 3.22. The monoisotopic (exact) mass is 264 g/mol. The Kier molecular flexibility index (Phi) is 3.96. The molecule has 19 heavy (non-hydrogen) atoms. The lowest BCUT2D eigenvalue weighted by Crippen LogP contribution is -2.30. The Labute approximate surface area is 110 Å². The van der Waals surface area contributed by atoms with Crippen LogP contribution >= 0.6 is 0 Å². The zero-order valence-electron chi connectivity index (χ0n) is 10.4. The van der Waals surface area contributed by atoms with Crippen molar-refractivity contribution in [3.05, 3.63) is 29.6 Å². The van der Waals surface area contributed by atoms with E-state index in [4.69, 9.17) is 16.0 Å². The maximum atomic E-state index is 12.1. The molecule has 0 saturated carbocycles. The average Bonchev–Trinajstić information content (AvgIpc) is 2.94. The highest BCUT2D eigenvalue weighted by atomic mass is 16.4. The molecule has 1 aliphatic heterocycles. The number of nitrogens with zero attached hydrogens (tertiary/aromatic N) is 3. The SMILES string of the molecule is N/C(=N/O)c1ccc(C(=O)N2CCC(CO)C2)nc1. The van der Waals surface area contributed by atoms with Gasteiger partial charge in [0.1, 0.15) is 5.69 Å². The number of rotatable bonds is 3. The maximum Gasteiger partial charge on any atom is 0.272 e. The van der Waals surface area contributed by atoms with E-state index in [1.165, 1.54) is 6.20 Å². The van der Waals surface area contributed by atoms with Crippen LogP contribution in [0.5, 0.6) is 0 Å². The Morgan fingerprint density at radius 3 is 2.89 bits per heavy atom. The molecule has 0 spiro atoms. The van der Waals surface area contributed by atoms with Crippen LogP contribution in [0.3, 0.4) is 0 Å². The van der Waals surface area contributed by atoms with Crippen LogP contribution in [0.1, 0.15) is 22.5 Å². The van der Waals surface area contributed by atoms with Crippen molar-refractivity contribution >= 4 is 11.7 Å². The Balaban J connectivity index is 2.08. The molecule has 1 amide bonds. The highest BCUT2D eigenvalue weighted by molar-refractivity contribution is 5.98. The summed E-state index contributed by atoms with van der Waals surface area (Å²) < 4.78 is 0. The lowest BCUT2D eigenvalue weighted by Gasteiger charge is -2.15. The fourth-order valence-electron chi connectivity index (χ4n) is 2.06. The van der Waals surface area contributed by atoms with Crippen molar-refractivity contribution in [1.29, 1.82) is 0 Å². The topological polar surface area (TPSA) is 112 Å². The van der Waals surface area contributed by atoms with Crippen molar-refractivity contribution in [2.45, 2.75) is 6.42 Å². The first-order valence-corrected chi connectivity index (χ1v) is 5.99. The normalized spacial score (nSPS) is 19.7. The molecule has 0 radical (unpaired) electrons. The smallest absolute Gasteiger partial charge is 0.272 e. The molecule has 1 aliphatic rings. The van der Waals surface area contributed by atoms with Gasteiger partial charge in [-0.05, 0) is 18.6 Å². The van der Waals surface area contributed by atoms with E-state index in [0.717, 1.165) is 6.42 Å². The van der Waals surface area contributed by atoms with Crippen molar-refractivity contribution in [2.75, 3.05) is 19.7 Å². The number of aliphatic hydroxyl groups is 1. The lowest BCUT2D eigenvalue weighted by molar-refractivity contribution is 0.0776. The number of amides is 1. The summed E-state index contributed by atoms with van der Waals surface area (Å²) in [5.74, 6) is -0.0598. The maximum absolute atomic E-state index is 12.1. The van der Waals surface area contributed by atoms with Gasteiger partial charge < -0.3 is 20.9 Å². The number of likely N-dealkylation sites (tertiary alicyclic amines) is 1. The number of amidine groups is 1. The predicted molar refractivity (Wildman–Crippen MR) is 67.8 cm³/mol. The summed E-state index contributed by atoms with van der Waals surface area (Å²) in [6.45, 7) is 1.28. The minimum Gasteiger partial charge on any atom is -0.409 e. The van der Waals surface area contributed by atoms with Gasteiger partial charge in [0.15, 0.2) is 5.84 Å². The van der Waals surface area contributed by atoms with Gasteiger partial charge in [0.25, 0.3) is 5.91 Å². The van der Waals surface area contributed by atoms with Crippen LogP contribution in [0.2, 0.25) is 0 Å². The number of oxime groups is 1. The summed E-state index contributed by atoms with van der Waals surface area (Å²) in [5.41, 5.74) is 6.18. The first-order valence-electron chi connectivity index (χ1n) is 5.99. The highest BCUT2D eigenvalue weighted by Crippen LogP contribution is 2.17. The van der Waals surface area contributed by atoms with Gasteiger partial charge in [-0.15, -0.1) is 0 Å².